The fourth-order valence-corrected chi connectivity index (χ4v) is 2.86. The van der Waals surface area contributed by atoms with Crippen molar-refractivity contribution in [2.24, 2.45) is 0 Å². The van der Waals surface area contributed by atoms with E-state index in [1.165, 1.54) is 0 Å². The van der Waals surface area contributed by atoms with Crippen molar-refractivity contribution in [2.75, 3.05) is 6.54 Å². The van der Waals surface area contributed by atoms with Gasteiger partial charge >= 0.3 is 0 Å². The van der Waals surface area contributed by atoms with Gasteiger partial charge in [-0.05, 0) is 37.0 Å². The Hall–Kier alpha value is -0.580. The summed E-state index contributed by atoms with van der Waals surface area (Å²) in [5.41, 5.74) is 1.11. The van der Waals surface area contributed by atoms with Gasteiger partial charge in [0.05, 0.1) is 6.04 Å². The Kier molecular flexibility index (Phi) is 5.03. The van der Waals surface area contributed by atoms with Gasteiger partial charge in [0.1, 0.15) is 0 Å². The summed E-state index contributed by atoms with van der Waals surface area (Å²) in [6.45, 7) is 1.46. The molecule has 5 heteroatoms. The standard InChI is InChI=1S/C13H16BrClN2O/c14-11-7-10(15)5-4-9(11)8-17-12-3-1-2-6-16-13(12)18/h4-5,7,12,17H,1-3,6,8H2,(H,16,18). The maximum absolute atomic E-state index is 11.8. The molecular weight excluding hydrogens is 316 g/mol. The average Bonchev–Trinajstić information content (AvgIpc) is 2.53. The van der Waals surface area contributed by atoms with Crippen LogP contribution < -0.4 is 10.6 Å². The maximum Gasteiger partial charge on any atom is 0.237 e. The van der Waals surface area contributed by atoms with Crippen LogP contribution in [-0.2, 0) is 11.3 Å². The van der Waals surface area contributed by atoms with E-state index in [9.17, 15) is 4.79 Å². The van der Waals surface area contributed by atoms with Gasteiger partial charge in [-0.1, -0.05) is 33.6 Å². The van der Waals surface area contributed by atoms with Gasteiger partial charge in [-0.2, -0.15) is 0 Å². The van der Waals surface area contributed by atoms with E-state index in [1.54, 1.807) is 0 Å². The third-order valence-electron chi connectivity index (χ3n) is 3.09. The number of nitrogens with one attached hydrogen (secondary N) is 2. The molecule has 1 aromatic carbocycles. The van der Waals surface area contributed by atoms with Gasteiger partial charge in [0.25, 0.3) is 0 Å². The average molecular weight is 332 g/mol. The third-order valence-corrected chi connectivity index (χ3v) is 4.06. The molecule has 1 aromatic rings. The van der Waals surface area contributed by atoms with Crippen LogP contribution in [-0.4, -0.2) is 18.5 Å². The number of carbonyl (C=O) groups excluding carboxylic acids is 1. The molecule has 18 heavy (non-hydrogen) atoms. The van der Waals surface area contributed by atoms with E-state index in [4.69, 9.17) is 11.6 Å². The number of rotatable bonds is 3. The largest absolute Gasteiger partial charge is 0.355 e. The lowest BCUT2D eigenvalue weighted by molar-refractivity contribution is -0.122. The molecule has 1 aliphatic heterocycles. The highest BCUT2D eigenvalue weighted by Gasteiger charge is 2.19. The number of hydrogen-bond acceptors (Lipinski definition) is 2. The molecule has 1 saturated heterocycles. The van der Waals surface area contributed by atoms with Gasteiger partial charge < -0.3 is 10.6 Å². The third kappa shape index (κ3) is 3.70. The van der Waals surface area contributed by atoms with Crippen molar-refractivity contribution < 1.29 is 4.79 Å². The summed E-state index contributed by atoms with van der Waals surface area (Å²) >= 11 is 9.37. The molecule has 0 saturated carbocycles. The minimum atomic E-state index is -0.0879. The van der Waals surface area contributed by atoms with Crippen LogP contribution in [0.1, 0.15) is 24.8 Å². The molecule has 2 N–H and O–H groups in total. The molecule has 0 radical (unpaired) electrons. The minimum absolute atomic E-state index is 0.0879. The molecule has 98 valence electrons. The molecule has 2 rings (SSSR count). The normalized spacial score (nSPS) is 20.3. The minimum Gasteiger partial charge on any atom is -0.355 e. The number of benzene rings is 1. The molecule has 0 aromatic heterocycles. The zero-order valence-electron chi connectivity index (χ0n) is 10.0. The van der Waals surface area contributed by atoms with E-state index in [1.807, 2.05) is 18.2 Å². The van der Waals surface area contributed by atoms with Crippen molar-refractivity contribution in [3.63, 3.8) is 0 Å². The molecule has 1 atom stereocenters. The Morgan fingerprint density at radius 3 is 3.06 bits per heavy atom. The summed E-state index contributed by atoms with van der Waals surface area (Å²) in [7, 11) is 0. The number of hydrogen-bond donors (Lipinski definition) is 2. The zero-order chi connectivity index (χ0) is 13.0. The Bertz CT molecular complexity index is 439. The van der Waals surface area contributed by atoms with Crippen LogP contribution in [0.5, 0.6) is 0 Å². The molecule has 1 fully saturated rings. The molecular formula is C13H16BrClN2O. The predicted molar refractivity (Wildman–Crippen MR) is 76.6 cm³/mol. The highest BCUT2D eigenvalue weighted by molar-refractivity contribution is 9.10. The maximum atomic E-state index is 11.8. The monoisotopic (exact) mass is 330 g/mol. The molecule has 0 bridgehead atoms. The Morgan fingerprint density at radius 1 is 1.44 bits per heavy atom. The van der Waals surface area contributed by atoms with Gasteiger partial charge in [-0.15, -0.1) is 0 Å². The van der Waals surface area contributed by atoms with Crippen LogP contribution in [0, 0.1) is 0 Å². The van der Waals surface area contributed by atoms with Crippen molar-refractivity contribution >= 4 is 33.4 Å². The first-order valence-electron chi connectivity index (χ1n) is 6.12. The van der Waals surface area contributed by atoms with Crippen molar-refractivity contribution in [1.82, 2.24) is 10.6 Å². The summed E-state index contributed by atoms with van der Waals surface area (Å²) in [6, 6.07) is 5.60. The highest BCUT2D eigenvalue weighted by Crippen LogP contribution is 2.21. The summed E-state index contributed by atoms with van der Waals surface area (Å²) in [5.74, 6) is 0.109. The van der Waals surface area contributed by atoms with E-state index in [-0.39, 0.29) is 11.9 Å². The molecule has 3 nitrogen and oxygen atoms in total. The number of halogens is 2. The second-order valence-corrected chi connectivity index (χ2v) is 5.75. The number of amides is 1. The van der Waals surface area contributed by atoms with E-state index >= 15 is 0 Å². The van der Waals surface area contributed by atoms with Gasteiger partial charge in [-0.25, -0.2) is 0 Å². The second kappa shape index (κ2) is 6.55. The van der Waals surface area contributed by atoms with Crippen LogP contribution in [0.2, 0.25) is 5.02 Å². The van der Waals surface area contributed by atoms with E-state index in [0.717, 1.165) is 35.8 Å². The zero-order valence-corrected chi connectivity index (χ0v) is 12.4. The van der Waals surface area contributed by atoms with Crippen LogP contribution in [0.15, 0.2) is 22.7 Å². The molecule has 1 heterocycles. The predicted octanol–water partition coefficient (Wildman–Crippen LogP) is 2.86. The van der Waals surface area contributed by atoms with Gasteiger partial charge in [0, 0.05) is 22.6 Å². The van der Waals surface area contributed by atoms with E-state index in [0.29, 0.717) is 11.6 Å². The molecule has 1 amide bonds. The first-order valence-corrected chi connectivity index (χ1v) is 7.29. The smallest absolute Gasteiger partial charge is 0.237 e. The Balaban J connectivity index is 1.95. The van der Waals surface area contributed by atoms with E-state index in [2.05, 4.69) is 26.6 Å². The molecule has 0 aliphatic carbocycles. The van der Waals surface area contributed by atoms with Crippen molar-refractivity contribution in [1.29, 1.82) is 0 Å². The van der Waals surface area contributed by atoms with Gasteiger partial charge in [0.2, 0.25) is 5.91 Å². The SMILES string of the molecule is O=C1NCCCCC1NCc1ccc(Cl)cc1Br. The summed E-state index contributed by atoms with van der Waals surface area (Å²) in [6.07, 6.45) is 3.05. The Labute approximate surface area is 120 Å². The van der Waals surface area contributed by atoms with Crippen LogP contribution in [0.3, 0.4) is 0 Å². The summed E-state index contributed by atoms with van der Waals surface area (Å²) < 4.78 is 0.969. The lowest BCUT2D eigenvalue weighted by atomic mass is 10.1. The molecule has 0 spiro atoms. The first-order chi connectivity index (χ1) is 8.66. The lowest BCUT2D eigenvalue weighted by Crippen LogP contribution is -2.42. The first kappa shape index (κ1) is 13.8. The van der Waals surface area contributed by atoms with Crippen LogP contribution >= 0.6 is 27.5 Å². The second-order valence-electron chi connectivity index (χ2n) is 4.46. The van der Waals surface area contributed by atoms with Gasteiger partial charge in [-0.3, -0.25) is 4.79 Å². The van der Waals surface area contributed by atoms with Crippen LogP contribution in [0.25, 0.3) is 0 Å². The van der Waals surface area contributed by atoms with Crippen molar-refractivity contribution in [3.8, 4) is 0 Å². The fraction of sp³-hybridized carbons (Fsp3) is 0.462. The molecule has 1 aliphatic rings. The van der Waals surface area contributed by atoms with Gasteiger partial charge in [0.15, 0.2) is 0 Å². The quantitative estimate of drug-likeness (QED) is 0.894. The summed E-state index contributed by atoms with van der Waals surface area (Å²) in [5, 5.41) is 6.93. The van der Waals surface area contributed by atoms with Crippen molar-refractivity contribution in [2.45, 2.75) is 31.8 Å². The van der Waals surface area contributed by atoms with Crippen molar-refractivity contribution in [3.05, 3.63) is 33.3 Å². The fourth-order valence-electron chi connectivity index (χ4n) is 2.03. The summed E-state index contributed by atoms with van der Waals surface area (Å²) in [4.78, 5) is 11.8. The van der Waals surface area contributed by atoms with E-state index < -0.39 is 0 Å². The number of carbonyl (C=O) groups is 1. The topological polar surface area (TPSA) is 41.1 Å². The molecule has 1 unspecified atom stereocenters. The Morgan fingerprint density at radius 2 is 2.28 bits per heavy atom. The van der Waals surface area contributed by atoms with Crippen LogP contribution in [0.4, 0.5) is 0 Å². The lowest BCUT2D eigenvalue weighted by Gasteiger charge is -2.15. The highest BCUT2D eigenvalue weighted by atomic mass is 79.9.